The lowest BCUT2D eigenvalue weighted by Gasteiger charge is -2.38. The molecule has 2 N–H and O–H groups in total. The normalized spacial score (nSPS) is 30.4. The molecule has 1 aliphatic heterocycles. The van der Waals surface area contributed by atoms with Crippen molar-refractivity contribution in [2.24, 2.45) is 0 Å². The minimum atomic E-state index is -0.249. The van der Waals surface area contributed by atoms with Gasteiger partial charge in [0.15, 0.2) is 0 Å². The number of aliphatic hydroxyl groups is 2. The highest BCUT2D eigenvalue weighted by Gasteiger charge is 2.27. The zero-order valence-corrected chi connectivity index (χ0v) is 9.72. The maximum Gasteiger partial charge on any atom is 0.0673 e. The molecule has 0 radical (unpaired) electrons. The largest absolute Gasteiger partial charge is 0.395 e. The Kier molecular flexibility index (Phi) is 5.53. The standard InChI is InChI=1S/C11H23NO3/c1-3-15-9(2)7-12-5-4-11(14)6-10(12)8-13/h9-11,13-14H,3-8H2,1-2H3. The van der Waals surface area contributed by atoms with E-state index in [0.717, 1.165) is 26.1 Å². The molecule has 4 nitrogen and oxygen atoms in total. The van der Waals surface area contributed by atoms with Crippen LogP contribution in [0.5, 0.6) is 0 Å². The fourth-order valence-corrected chi connectivity index (χ4v) is 2.18. The molecular formula is C11H23NO3. The van der Waals surface area contributed by atoms with Gasteiger partial charge in [0.05, 0.1) is 18.8 Å². The van der Waals surface area contributed by atoms with Gasteiger partial charge in [-0.25, -0.2) is 0 Å². The fourth-order valence-electron chi connectivity index (χ4n) is 2.18. The van der Waals surface area contributed by atoms with Gasteiger partial charge in [-0.3, -0.25) is 4.90 Å². The van der Waals surface area contributed by atoms with Gasteiger partial charge in [0.2, 0.25) is 0 Å². The number of likely N-dealkylation sites (tertiary alicyclic amines) is 1. The SMILES string of the molecule is CCOC(C)CN1CCC(O)CC1CO. The van der Waals surface area contributed by atoms with Crippen molar-refractivity contribution in [3.05, 3.63) is 0 Å². The summed E-state index contributed by atoms with van der Waals surface area (Å²) in [4.78, 5) is 2.22. The van der Waals surface area contributed by atoms with Gasteiger partial charge in [0.1, 0.15) is 0 Å². The highest BCUT2D eigenvalue weighted by Crippen LogP contribution is 2.17. The average Bonchev–Trinajstić information content (AvgIpc) is 2.21. The van der Waals surface area contributed by atoms with Gasteiger partial charge in [-0.15, -0.1) is 0 Å². The third-order valence-electron chi connectivity index (χ3n) is 2.96. The van der Waals surface area contributed by atoms with E-state index in [1.807, 2.05) is 13.8 Å². The number of hydrogen-bond donors (Lipinski definition) is 2. The average molecular weight is 217 g/mol. The Morgan fingerprint density at radius 3 is 2.87 bits per heavy atom. The fraction of sp³-hybridized carbons (Fsp3) is 1.00. The zero-order chi connectivity index (χ0) is 11.3. The van der Waals surface area contributed by atoms with E-state index in [4.69, 9.17) is 4.74 Å². The minimum absolute atomic E-state index is 0.0941. The lowest BCUT2D eigenvalue weighted by atomic mass is 10.00. The van der Waals surface area contributed by atoms with Crippen LogP contribution in [-0.2, 0) is 4.74 Å². The van der Waals surface area contributed by atoms with Crippen molar-refractivity contribution in [3.8, 4) is 0 Å². The summed E-state index contributed by atoms with van der Waals surface area (Å²) in [5, 5.41) is 18.7. The van der Waals surface area contributed by atoms with Gasteiger partial charge < -0.3 is 14.9 Å². The first-order valence-corrected chi connectivity index (χ1v) is 5.82. The third kappa shape index (κ3) is 4.07. The molecule has 0 saturated carbocycles. The van der Waals surface area contributed by atoms with Crippen molar-refractivity contribution in [1.29, 1.82) is 0 Å². The molecular weight excluding hydrogens is 194 g/mol. The number of rotatable bonds is 5. The number of aliphatic hydroxyl groups excluding tert-OH is 2. The molecule has 0 spiro atoms. The first-order chi connectivity index (χ1) is 7.17. The van der Waals surface area contributed by atoms with E-state index in [1.165, 1.54) is 0 Å². The Morgan fingerprint density at radius 2 is 2.27 bits per heavy atom. The molecule has 90 valence electrons. The maximum absolute atomic E-state index is 9.50. The second kappa shape index (κ2) is 6.43. The van der Waals surface area contributed by atoms with E-state index < -0.39 is 0 Å². The summed E-state index contributed by atoms with van der Waals surface area (Å²) < 4.78 is 5.48. The summed E-state index contributed by atoms with van der Waals surface area (Å²) in [6.45, 7) is 6.57. The first-order valence-electron chi connectivity index (χ1n) is 5.82. The Morgan fingerprint density at radius 1 is 1.53 bits per heavy atom. The van der Waals surface area contributed by atoms with Gasteiger partial charge >= 0.3 is 0 Å². The zero-order valence-electron chi connectivity index (χ0n) is 9.72. The van der Waals surface area contributed by atoms with E-state index in [0.29, 0.717) is 6.42 Å². The summed E-state index contributed by atoms with van der Waals surface area (Å²) in [6, 6.07) is 0.0941. The summed E-state index contributed by atoms with van der Waals surface area (Å²) in [6.07, 6.45) is 1.42. The van der Waals surface area contributed by atoms with E-state index in [2.05, 4.69) is 4.90 Å². The van der Waals surface area contributed by atoms with Crippen molar-refractivity contribution < 1.29 is 14.9 Å². The van der Waals surface area contributed by atoms with Crippen LogP contribution in [0.15, 0.2) is 0 Å². The lowest BCUT2D eigenvalue weighted by Crippen LogP contribution is -2.49. The molecule has 1 heterocycles. The molecule has 1 saturated heterocycles. The van der Waals surface area contributed by atoms with E-state index >= 15 is 0 Å². The Balaban J connectivity index is 2.38. The van der Waals surface area contributed by atoms with Crippen LogP contribution in [0.1, 0.15) is 26.7 Å². The summed E-state index contributed by atoms with van der Waals surface area (Å²) in [7, 11) is 0. The first kappa shape index (κ1) is 12.9. The molecule has 1 rings (SSSR count). The molecule has 0 aromatic rings. The molecule has 15 heavy (non-hydrogen) atoms. The van der Waals surface area contributed by atoms with Gasteiger partial charge in [-0.1, -0.05) is 0 Å². The van der Waals surface area contributed by atoms with Gasteiger partial charge in [0.25, 0.3) is 0 Å². The second-order valence-corrected chi connectivity index (χ2v) is 4.28. The van der Waals surface area contributed by atoms with Crippen molar-refractivity contribution in [3.63, 3.8) is 0 Å². The Bertz CT molecular complexity index is 177. The van der Waals surface area contributed by atoms with Crippen LogP contribution in [0, 0.1) is 0 Å². The van der Waals surface area contributed by atoms with E-state index in [9.17, 15) is 10.2 Å². The summed E-state index contributed by atoms with van der Waals surface area (Å²) in [5.41, 5.74) is 0. The van der Waals surface area contributed by atoms with Gasteiger partial charge in [0, 0.05) is 25.7 Å². The molecule has 0 aromatic heterocycles. The maximum atomic E-state index is 9.50. The van der Waals surface area contributed by atoms with Crippen LogP contribution in [0.2, 0.25) is 0 Å². The van der Waals surface area contributed by atoms with Crippen molar-refractivity contribution in [2.75, 3.05) is 26.3 Å². The topological polar surface area (TPSA) is 52.9 Å². The van der Waals surface area contributed by atoms with Crippen LogP contribution in [0.3, 0.4) is 0 Å². The molecule has 3 unspecified atom stereocenters. The van der Waals surface area contributed by atoms with Gasteiger partial charge in [-0.2, -0.15) is 0 Å². The molecule has 3 atom stereocenters. The Hall–Kier alpha value is -0.160. The van der Waals surface area contributed by atoms with Crippen LogP contribution in [-0.4, -0.2) is 59.7 Å². The number of piperidine rings is 1. The van der Waals surface area contributed by atoms with Crippen molar-refractivity contribution >= 4 is 0 Å². The predicted molar refractivity (Wildman–Crippen MR) is 58.8 cm³/mol. The van der Waals surface area contributed by atoms with E-state index in [1.54, 1.807) is 0 Å². The molecule has 0 amide bonds. The van der Waals surface area contributed by atoms with Crippen LogP contribution < -0.4 is 0 Å². The number of ether oxygens (including phenoxy) is 1. The van der Waals surface area contributed by atoms with Crippen molar-refractivity contribution in [1.82, 2.24) is 4.90 Å². The predicted octanol–water partition coefficient (Wildman–Crippen LogP) is 0.229. The number of nitrogens with zero attached hydrogens (tertiary/aromatic N) is 1. The van der Waals surface area contributed by atoms with Crippen LogP contribution in [0.25, 0.3) is 0 Å². The molecule has 0 aromatic carbocycles. The molecule has 1 fully saturated rings. The van der Waals surface area contributed by atoms with Crippen LogP contribution in [0.4, 0.5) is 0 Å². The lowest BCUT2D eigenvalue weighted by molar-refractivity contribution is -0.0192. The highest BCUT2D eigenvalue weighted by atomic mass is 16.5. The monoisotopic (exact) mass is 217 g/mol. The highest BCUT2D eigenvalue weighted by molar-refractivity contribution is 4.82. The van der Waals surface area contributed by atoms with E-state index in [-0.39, 0.29) is 24.9 Å². The van der Waals surface area contributed by atoms with Gasteiger partial charge in [-0.05, 0) is 26.7 Å². The Labute approximate surface area is 91.8 Å². The van der Waals surface area contributed by atoms with Crippen molar-refractivity contribution in [2.45, 2.75) is 44.9 Å². The molecule has 0 bridgehead atoms. The molecule has 0 aliphatic carbocycles. The summed E-state index contributed by atoms with van der Waals surface area (Å²) >= 11 is 0. The molecule has 4 heteroatoms. The number of hydrogen-bond acceptors (Lipinski definition) is 4. The smallest absolute Gasteiger partial charge is 0.0673 e. The quantitative estimate of drug-likeness (QED) is 0.692. The molecule has 1 aliphatic rings. The third-order valence-corrected chi connectivity index (χ3v) is 2.96. The van der Waals surface area contributed by atoms with Crippen LogP contribution >= 0.6 is 0 Å². The second-order valence-electron chi connectivity index (χ2n) is 4.28. The summed E-state index contributed by atoms with van der Waals surface area (Å²) in [5.74, 6) is 0. The minimum Gasteiger partial charge on any atom is -0.395 e.